The van der Waals surface area contributed by atoms with E-state index in [1.807, 2.05) is 36.4 Å². The molecule has 1 unspecified atom stereocenters. The zero-order chi connectivity index (χ0) is 20.8. The molecular formula is C21H18FN5OS. The summed E-state index contributed by atoms with van der Waals surface area (Å²) in [5.41, 5.74) is 1.74. The van der Waals surface area contributed by atoms with Crippen molar-refractivity contribution in [3.63, 3.8) is 0 Å². The standard InChI is InChI=1S/C21H18FN5OS/c1-14(24)18(12-23)19(28)13-29-21-26-25-20(11-15-5-3-2-4-6-15)27(21)17-9-7-16(22)8-10-17/h2-10,18,24H,11,13H2,1H3. The van der Waals surface area contributed by atoms with Crippen LogP contribution in [-0.4, -0.2) is 32.0 Å². The third-order valence-electron chi connectivity index (χ3n) is 4.22. The third-order valence-corrected chi connectivity index (χ3v) is 5.17. The predicted octanol–water partition coefficient (Wildman–Crippen LogP) is 3.84. The Kier molecular flexibility index (Phi) is 6.52. The second-order valence-corrected chi connectivity index (χ2v) is 7.32. The Labute approximate surface area is 171 Å². The summed E-state index contributed by atoms with van der Waals surface area (Å²) in [4.78, 5) is 12.3. The summed E-state index contributed by atoms with van der Waals surface area (Å²) < 4.78 is 15.2. The number of nitrogens with zero attached hydrogens (tertiary/aromatic N) is 4. The number of Topliss-reactive ketones (excluding diaryl/α,β-unsaturated/α-hetero) is 1. The van der Waals surface area contributed by atoms with E-state index in [2.05, 4.69) is 10.2 Å². The summed E-state index contributed by atoms with van der Waals surface area (Å²) in [6.07, 6.45) is 0.514. The van der Waals surface area contributed by atoms with Crippen molar-refractivity contribution in [3.05, 3.63) is 71.8 Å². The SMILES string of the molecule is CC(=N)C(C#N)C(=O)CSc1nnc(Cc2ccccc2)n1-c1ccc(F)cc1. The zero-order valence-corrected chi connectivity index (χ0v) is 16.5. The van der Waals surface area contributed by atoms with E-state index < -0.39 is 5.92 Å². The minimum Gasteiger partial charge on any atom is -0.308 e. The number of nitriles is 1. The number of nitrogens with one attached hydrogen (secondary N) is 1. The number of halogens is 1. The highest BCUT2D eigenvalue weighted by Gasteiger charge is 2.22. The van der Waals surface area contributed by atoms with Gasteiger partial charge in [0.05, 0.1) is 11.8 Å². The highest BCUT2D eigenvalue weighted by Crippen LogP contribution is 2.24. The van der Waals surface area contributed by atoms with E-state index in [1.54, 1.807) is 16.7 Å². The summed E-state index contributed by atoms with van der Waals surface area (Å²) in [6, 6.07) is 17.6. The van der Waals surface area contributed by atoms with Crippen LogP contribution in [0.4, 0.5) is 4.39 Å². The minimum atomic E-state index is -1.06. The molecule has 0 aliphatic rings. The van der Waals surface area contributed by atoms with E-state index >= 15 is 0 Å². The van der Waals surface area contributed by atoms with Gasteiger partial charge in [-0.1, -0.05) is 42.1 Å². The summed E-state index contributed by atoms with van der Waals surface area (Å²) in [5, 5.41) is 25.6. The van der Waals surface area contributed by atoms with Crippen molar-refractivity contribution in [1.82, 2.24) is 14.8 Å². The van der Waals surface area contributed by atoms with Gasteiger partial charge < -0.3 is 5.41 Å². The maximum atomic E-state index is 13.4. The molecule has 0 spiro atoms. The van der Waals surface area contributed by atoms with Crippen LogP contribution in [0.1, 0.15) is 18.3 Å². The summed E-state index contributed by atoms with van der Waals surface area (Å²) in [6.45, 7) is 1.44. The lowest BCUT2D eigenvalue weighted by Gasteiger charge is -2.11. The Morgan fingerprint density at radius 1 is 1.21 bits per heavy atom. The van der Waals surface area contributed by atoms with Crippen molar-refractivity contribution in [2.45, 2.75) is 18.5 Å². The number of hydrogen-bond acceptors (Lipinski definition) is 6. The molecule has 0 radical (unpaired) electrons. The fraction of sp³-hybridized carbons (Fsp3) is 0.190. The average Bonchev–Trinajstić information content (AvgIpc) is 3.10. The van der Waals surface area contributed by atoms with Gasteiger partial charge in [0.1, 0.15) is 17.6 Å². The number of aromatic nitrogens is 3. The Bertz CT molecular complexity index is 1060. The Morgan fingerprint density at radius 2 is 1.90 bits per heavy atom. The van der Waals surface area contributed by atoms with Gasteiger partial charge in [0.15, 0.2) is 10.9 Å². The van der Waals surface area contributed by atoms with E-state index in [4.69, 9.17) is 10.7 Å². The molecular weight excluding hydrogens is 389 g/mol. The molecule has 0 bridgehead atoms. The predicted molar refractivity (Wildman–Crippen MR) is 109 cm³/mol. The molecule has 1 atom stereocenters. The maximum Gasteiger partial charge on any atom is 0.196 e. The van der Waals surface area contributed by atoms with Crippen LogP contribution in [0, 0.1) is 28.5 Å². The van der Waals surface area contributed by atoms with Gasteiger partial charge in [-0.2, -0.15) is 5.26 Å². The molecule has 0 fully saturated rings. The number of rotatable bonds is 8. The second-order valence-electron chi connectivity index (χ2n) is 6.37. The minimum absolute atomic E-state index is 0.0148. The van der Waals surface area contributed by atoms with Crippen LogP contribution in [0.3, 0.4) is 0 Å². The first-order valence-electron chi connectivity index (χ1n) is 8.84. The van der Waals surface area contributed by atoms with E-state index in [0.717, 1.165) is 17.3 Å². The Morgan fingerprint density at radius 3 is 2.52 bits per heavy atom. The van der Waals surface area contributed by atoms with Crippen LogP contribution >= 0.6 is 11.8 Å². The van der Waals surface area contributed by atoms with Crippen LogP contribution in [0.25, 0.3) is 5.69 Å². The fourth-order valence-corrected chi connectivity index (χ4v) is 3.64. The van der Waals surface area contributed by atoms with Crippen LogP contribution in [0.2, 0.25) is 0 Å². The van der Waals surface area contributed by atoms with Crippen molar-refractivity contribution in [2.75, 3.05) is 5.75 Å². The molecule has 1 N–H and O–H groups in total. The largest absolute Gasteiger partial charge is 0.308 e. The fourth-order valence-electron chi connectivity index (χ4n) is 2.77. The van der Waals surface area contributed by atoms with E-state index in [0.29, 0.717) is 23.1 Å². The van der Waals surface area contributed by atoms with Crippen LogP contribution < -0.4 is 0 Å². The van der Waals surface area contributed by atoms with Gasteiger partial charge in [0.2, 0.25) is 0 Å². The molecule has 29 heavy (non-hydrogen) atoms. The summed E-state index contributed by atoms with van der Waals surface area (Å²) >= 11 is 1.14. The van der Waals surface area contributed by atoms with Crippen molar-refractivity contribution < 1.29 is 9.18 Å². The quantitative estimate of drug-likeness (QED) is 0.452. The molecule has 0 aliphatic heterocycles. The maximum absolute atomic E-state index is 13.4. The molecule has 0 saturated carbocycles. The topological polar surface area (TPSA) is 95.4 Å². The van der Waals surface area contributed by atoms with Crippen LogP contribution in [0.15, 0.2) is 59.8 Å². The highest BCUT2D eigenvalue weighted by molar-refractivity contribution is 7.99. The lowest BCUT2D eigenvalue weighted by atomic mass is 10.0. The highest BCUT2D eigenvalue weighted by atomic mass is 32.2. The first kappa shape index (κ1) is 20.4. The number of carbonyl (C=O) groups excluding carboxylic acids is 1. The normalized spacial score (nSPS) is 11.6. The van der Waals surface area contributed by atoms with Crippen molar-refractivity contribution in [1.29, 1.82) is 10.7 Å². The molecule has 0 saturated heterocycles. The van der Waals surface area contributed by atoms with Crippen LogP contribution in [-0.2, 0) is 11.2 Å². The van der Waals surface area contributed by atoms with Gasteiger partial charge in [-0.05, 0) is 36.8 Å². The van der Waals surface area contributed by atoms with Gasteiger partial charge in [-0.25, -0.2) is 4.39 Å². The summed E-state index contributed by atoms with van der Waals surface area (Å²) in [7, 11) is 0. The molecule has 0 aliphatic carbocycles. The molecule has 2 aromatic carbocycles. The molecule has 1 heterocycles. The zero-order valence-electron chi connectivity index (χ0n) is 15.7. The lowest BCUT2D eigenvalue weighted by molar-refractivity contribution is -0.117. The smallest absolute Gasteiger partial charge is 0.196 e. The van der Waals surface area contributed by atoms with Crippen LogP contribution in [0.5, 0.6) is 0 Å². The van der Waals surface area contributed by atoms with Crippen molar-refractivity contribution >= 4 is 23.3 Å². The number of hydrogen-bond donors (Lipinski definition) is 1. The third kappa shape index (κ3) is 4.95. The Hall–Kier alpha value is -3.31. The molecule has 8 heteroatoms. The monoisotopic (exact) mass is 407 g/mol. The average molecular weight is 407 g/mol. The van der Waals surface area contributed by atoms with Crippen molar-refractivity contribution in [2.24, 2.45) is 5.92 Å². The molecule has 3 rings (SSSR count). The first-order chi connectivity index (χ1) is 14.0. The Balaban J connectivity index is 1.90. The molecule has 6 nitrogen and oxygen atoms in total. The van der Waals surface area contributed by atoms with Gasteiger partial charge in [-0.15, -0.1) is 10.2 Å². The van der Waals surface area contributed by atoms with Gasteiger partial charge in [-0.3, -0.25) is 9.36 Å². The van der Waals surface area contributed by atoms with Gasteiger partial charge in [0.25, 0.3) is 0 Å². The molecule has 1 aromatic heterocycles. The number of thioether (sulfide) groups is 1. The van der Waals surface area contributed by atoms with Gasteiger partial charge >= 0.3 is 0 Å². The van der Waals surface area contributed by atoms with E-state index in [-0.39, 0.29) is 23.1 Å². The molecule has 0 amide bonds. The van der Waals surface area contributed by atoms with Crippen molar-refractivity contribution in [3.8, 4) is 11.8 Å². The van der Waals surface area contributed by atoms with E-state index in [9.17, 15) is 9.18 Å². The lowest BCUT2D eigenvalue weighted by Crippen LogP contribution is -2.21. The molecule has 3 aromatic rings. The summed E-state index contributed by atoms with van der Waals surface area (Å²) in [5.74, 6) is -1.14. The first-order valence-corrected chi connectivity index (χ1v) is 9.82. The number of ketones is 1. The second kappa shape index (κ2) is 9.26. The number of carbonyl (C=O) groups is 1. The van der Waals surface area contributed by atoms with E-state index in [1.165, 1.54) is 19.1 Å². The van der Waals surface area contributed by atoms with Gasteiger partial charge in [0, 0.05) is 17.8 Å². The number of benzene rings is 2. The molecule has 146 valence electrons.